The van der Waals surface area contributed by atoms with Gasteiger partial charge in [0.25, 0.3) is 0 Å². The van der Waals surface area contributed by atoms with Gasteiger partial charge in [-0.05, 0) is 25.1 Å². The van der Waals surface area contributed by atoms with Crippen molar-refractivity contribution in [1.82, 2.24) is 5.32 Å². The van der Waals surface area contributed by atoms with E-state index >= 15 is 0 Å². The average molecular weight is 149 g/mol. The van der Waals surface area contributed by atoms with Crippen molar-refractivity contribution in [3.8, 4) is 5.75 Å². The molecule has 0 radical (unpaired) electrons. The molecule has 0 bridgehead atoms. The van der Waals surface area contributed by atoms with Crippen LogP contribution in [-0.2, 0) is 6.42 Å². The topological polar surface area (TPSA) is 32.3 Å². The van der Waals surface area contributed by atoms with Crippen LogP contribution in [0.25, 0.3) is 0 Å². The minimum atomic E-state index is 0.367. The van der Waals surface area contributed by atoms with Crippen LogP contribution in [0, 0.1) is 0 Å². The van der Waals surface area contributed by atoms with Crippen molar-refractivity contribution in [2.75, 3.05) is 7.05 Å². The molecule has 0 aliphatic heterocycles. The SMILES string of the molecule is CNC1Cc2cccc(O)c21. The molecule has 1 aliphatic rings. The summed E-state index contributed by atoms with van der Waals surface area (Å²) < 4.78 is 0. The first-order valence-electron chi connectivity index (χ1n) is 3.81. The molecule has 1 aromatic rings. The molecule has 0 heterocycles. The van der Waals surface area contributed by atoms with Gasteiger partial charge in [-0.15, -0.1) is 0 Å². The summed E-state index contributed by atoms with van der Waals surface area (Å²) in [4.78, 5) is 0. The monoisotopic (exact) mass is 149 g/mol. The Morgan fingerprint density at radius 3 is 3.00 bits per heavy atom. The van der Waals surface area contributed by atoms with E-state index in [1.807, 2.05) is 13.1 Å². The summed E-state index contributed by atoms with van der Waals surface area (Å²) in [5.74, 6) is 0.424. The van der Waals surface area contributed by atoms with Crippen LogP contribution in [0.4, 0.5) is 0 Å². The fourth-order valence-corrected chi connectivity index (χ4v) is 1.62. The quantitative estimate of drug-likeness (QED) is 0.629. The Morgan fingerprint density at radius 2 is 2.36 bits per heavy atom. The highest BCUT2D eigenvalue weighted by atomic mass is 16.3. The third-order valence-corrected chi connectivity index (χ3v) is 2.29. The van der Waals surface area contributed by atoms with Crippen LogP contribution in [0.2, 0.25) is 0 Å². The number of fused-ring (bicyclic) bond motifs is 1. The maximum absolute atomic E-state index is 9.41. The molecular weight excluding hydrogens is 138 g/mol. The Hall–Kier alpha value is -1.02. The second-order valence-corrected chi connectivity index (χ2v) is 2.90. The third-order valence-electron chi connectivity index (χ3n) is 2.29. The molecule has 0 fully saturated rings. The zero-order valence-corrected chi connectivity index (χ0v) is 6.46. The van der Waals surface area contributed by atoms with Crippen LogP contribution in [0.5, 0.6) is 5.75 Å². The molecular formula is C9H11NO. The second-order valence-electron chi connectivity index (χ2n) is 2.90. The van der Waals surface area contributed by atoms with E-state index in [-0.39, 0.29) is 0 Å². The molecule has 1 aliphatic carbocycles. The highest BCUT2D eigenvalue weighted by molar-refractivity contribution is 5.48. The summed E-state index contributed by atoms with van der Waals surface area (Å²) in [7, 11) is 1.92. The van der Waals surface area contributed by atoms with Gasteiger partial charge >= 0.3 is 0 Å². The van der Waals surface area contributed by atoms with Crippen LogP contribution < -0.4 is 5.32 Å². The molecule has 2 nitrogen and oxygen atoms in total. The van der Waals surface area contributed by atoms with E-state index in [9.17, 15) is 5.11 Å². The number of phenolic OH excluding ortho intramolecular Hbond substituents is 1. The number of aromatic hydroxyl groups is 1. The molecule has 1 atom stereocenters. The zero-order valence-electron chi connectivity index (χ0n) is 6.46. The molecule has 58 valence electrons. The third kappa shape index (κ3) is 0.828. The number of rotatable bonds is 1. The summed E-state index contributed by atoms with van der Waals surface area (Å²) in [5.41, 5.74) is 2.35. The average Bonchev–Trinajstić information content (AvgIpc) is 1.93. The summed E-state index contributed by atoms with van der Waals surface area (Å²) in [5, 5.41) is 12.6. The molecule has 2 heteroatoms. The van der Waals surface area contributed by atoms with Crippen molar-refractivity contribution >= 4 is 0 Å². The molecule has 0 spiro atoms. The van der Waals surface area contributed by atoms with Crippen molar-refractivity contribution in [2.45, 2.75) is 12.5 Å². The Balaban J connectivity index is 2.43. The van der Waals surface area contributed by atoms with Gasteiger partial charge in [-0.1, -0.05) is 12.1 Å². The largest absolute Gasteiger partial charge is 0.508 e. The molecule has 0 saturated carbocycles. The summed E-state index contributed by atoms with van der Waals surface area (Å²) in [6, 6.07) is 6.05. The molecule has 2 rings (SSSR count). The van der Waals surface area contributed by atoms with Crippen LogP contribution >= 0.6 is 0 Å². The standard InChI is InChI=1S/C9H11NO/c1-10-7-5-6-3-2-4-8(11)9(6)7/h2-4,7,10-11H,5H2,1H3. The predicted octanol–water partition coefficient (Wildman–Crippen LogP) is 1.21. The summed E-state index contributed by atoms with van der Waals surface area (Å²) >= 11 is 0. The smallest absolute Gasteiger partial charge is 0.120 e. The zero-order chi connectivity index (χ0) is 7.84. The van der Waals surface area contributed by atoms with Gasteiger partial charge in [0.2, 0.25) is 0 Å². The van der Waals surface area contributed by atoms with Crippen LogP contribution in [0.15, 0.2) is 18.2 Å². The normalized spacial score (nSPS) is 20.6. The molecule has 0 amide bonds. The fraction of sp³-hybridized carbons (Fsp3) is 0.333. The maximum Gasteiger partial charge on any atom is 0.120 e. The lowest BCUT2D eigenvalue weighted by molar-refractivity contribution is 0.431. The van der Waals surface area contributed by atoms with Gasteiger partial charge < -0.3 is 10.4 Å². The number of hydrogen-bond donors (Lipinski definition) is 2. The van der Waals surface area contributed by atoms with Gasteiger partial charge in [0.1, 0.15) is 5.75 Å². The highest BCUT2D eigenvalue weighted by Gasteiger charge is 2.26. The maximum atomic E-state index is 9.41. The Morgan fingerprint density at radius 1 is 1.55 bits per heavy atom. The lowest BCUT2D eigenvalue weighted by atomic mass is 9.83. The molecule has 1 aromatic carbocycles. The lowest BCUT2D eigenvalue weighted by Crippen LogP contribution is -2.28. The van der Waals surface area contributed by atoms with Crippen LogP contribution in [0.3, 0.4) is 0 Å². The van der Waals surface area contributed by atoms with Crippen molar-refractivity contribution in [2.24, 2.45) is 0 Å². The van der Waals surface area contributed by atoms with Crippen molar-refractivity contribution in [1.29, 1.82) is 0 Å². The first kappa shape index (κ1) is 6.68. The molecule has 2 N–H and O–H groups in total. The molecule has 1 unspecified atom stereocenters. The van der Waals surface area contributed by atoms with Gasteiger partial charge in [-0.3, -0.25) is 0 Å². The number of nitrogens with one attached hydrogen (secondary N) is 1. The molecule has 11 heavy (non-hydrogen) atoms. The van der Waals surface area contributed by atoms with Gasteiger partial charge in [-0.2, -0.15) is 0 Å². The Kier molecular flexibility index (Phi) is 1.36. The van der Waals surface area contributed by atoms with Gasteiger partial charge in [0, 0.05) is 11.6 Å². The number of hydrogen-bond acceptors (Lipinski definition) is 2. The van der Waals surface area contributed by atoms with E-state index in [1.54, 1.807) is 6.07 Å². The van der Waals surface area contributed by atoms with E-state index in [0.717, 1.165) is 12.0 Å². The van der Waals surface area contributed by atoms with Gasteiger partial charge in [0.05, 0.1) is 0 Å². The minimum absolute atomic E-state index is 0.367. The van der Waals surface area contributed by atoms with E-state index in [2.05, 4.69) is 11.4 Å². The van der Waals surface area contributed by atoms with Gasteiger partial charge in [0.15, 0.2) is 0 Å². The van der Waals surface area contributed by atoms with E-state index in [4.69, 9.17) is 0 Å². The summed E-state index contributed by atoms with van der Waals surface area (Å²) in [6.45, 7) is 0. The van der Waals surface area contributed by atoms with E-state index in [0.29, 0.717) is 11.8 Å². The first-order chi connectivity index (χ1) is 5.33. The van der Waals surface area contributed by atoms with Crippen LogP contribution in [0.1, 0.15) is 17.2 Å². The Labute approximate surface area is 65.9 Å². The molecule has 0 saturated heterocycles. The summed E-state index contributed by atoms with van der Waals surface area (Å²) in [6.07, 6.45) is 1.04. The van der Waals surface area contributed by atoms with Crippen LogP contribution in [-0.4, -0.2) is 12.2 Å². The highest BCUT2D eigenvalue weighted by Crippen LogP contribution is 2.38. The van der Waals surface area contributed by atoms with Crippen molar-refractivity contribution in [3.05, 3.63) is 29.3 Å². The first-order valence-corrected chi connectivity index (χ1v) is 3.81. The van der Waals surface area contributed by atoms with Crippen molar-refractivity contribution < 1.29 is 5.11 Å². The second kappa shape index (κ2) is 2.24. The van der Waals surface area contributed by atoms with E-state index in [1.165, 1.54) is 5.56 Å². The number of phenols is 1. The lowest BCUT2D eigenvalue weighted by Gasteiger charge is -2.30. The number of benzene rings is 1. The fourth-order valence-electron chi connectivity index (χ4n) is 1.62. The Bertz CT molecular complexity index is 269. The molecule has 0 aromatic heterocycles. The predicted molar refractivity (Wildman–Crippen MR) is 43.6 cm³/mol. The minimum Gasteiger partial charge on any atom is -0.508 e. The van der Waals surface area contributed by atoms with Crippen molar-refractivity contribution in [3.63, 3.8) is 0 Å². The van der Waals surface area contributed by atoms with Gasteiger partial charge in [-0.25, -0.2) is 0 Å². The number of likely N-dealkylation sites (N-methyl/N-ethyl adjacent to an activating group) is 1. The van der Waals surface area contributed by atoms with E-state index < -0.39 is 0 Å².